The van der Waals surface area contributed by atoms with Crippen LogP contribution in [0.15, 0.2) is 18.3 Å². The van der Waals surface area contributed by atoms with Gasteiger partial charge in [0.2, 0.25) is 0 Å². The van der Waals surface area contributed by atoms with E-state index in [1.807, 2.05) is 11.8 Å². The summed E-state index contributed by atoms with van der Waals surface area (Å²) < 4.78 is 0. The topological polar surface area (TPSA) is 62.2 Å². The van der Waals surface area contributed by atoms with Crippen molar-refractivity contribution < 1.29 is 9.90 Å². The third-order valence-corrected chi connectivity index (χ3v) is 3.28. The maximum Gasteiger partial charge on any atom is 0.354 e. The molecular weight excluding hydrogens is 248 g/mol. The van der Waals surface area contributed by atoms with E-state index in [9.17, 15) is 4.79 Å². The molecule has 0 amide bonds. The summed E-state index contributed by atoms with van der Waals surface area (Å²) in [7, 11) is 0. The van der Waals surface area contributed by atoms with Gasteiger partial charge in [-0.25, -0.2) is 9.78 Å². The molecule has 0 bridgehead atoms. The van der Waals surface area contributed by atoms with Crippen LogP contribution in [0.3, 0.4) is 0 Å². The first kappa shape index (κ1) is 14.8. The fraction of sp³-hybridized carbons (Fsp3) is 0.538. The van der Waals surface area contributed by atoms with E-state index >= 15 is 0 Å². The average Bonchev–Trinajstić information content (AvgIpc) is 2.38. The van der Waals surface area contributed by atoms with E-state index in [2.05, 4.69) is 16.6 Å². The second-order valence-corrected chi connectivity index (χ2v) is 5.05. The summed E-state index contributed by atoms with van der Waals surface area (Å²) in [5.74, 6) is 0.246. The van der Waals surface area contributed by atoms with Gasteiger partial charge in [-0.2, -0.15) is 11.8 Å². The van der Waals surface area contributed by atoms with Crippen LogP contribution in [0.2, 0.25) is 0 Å². The SMILES string of the molecule is CSCCCCCCNc1ccnc(C(=O)O)c1. The molecule has 100 valence electrons. The Morgan fingerprint density at radius 2 is 2.17 bits per heavy atom. The second-order valence-electron chi connectivity index (χ2n) is 4.07. The van der Waals surface area contributed by atoms with Crippen LogP contribution in [-0.2, 0) is 0 Å². The molecule has 0 atom stereocenters. The van der Waals surface area contributed by atoms with Crippen LogP contribution in [0.25, 0.3) is 0 Å². The van der Waals surface area contributed by atoms with Crippen molar-refractivity contribution in [1.29, 1.82) is 0 Å². The molecule has 1 aromatic rings. The number of thioether (sulfide) groups is 1. The number of nitrogens with one attached hydrogen (secondary N) is 1. The highest BCUT2D eigenvalue weighted by Crippen LogP contribution is 2.09. The number of rotatable bonds is 9. The number of pyridine rings is 1. The molecule has 18 heavy (non-hydrogen) atoms. The van der Waals surface area contributed by atoms with Crippen LogP contribution in [-0.4, -0.2) is 34.6 Å². The minimum atomic E-state index is -0.990. The van der Waals surface area contributed by atoms with Gasteiger partial charge in [-0.05, 0) is 37.0 Å². The Balaban J connectivity index is 2.19. The summed E-state index contributed by atoms with van der Waals surface area (Å²) in [5, 5.41) is 12.0. The fourth-order valence-corrected chi connectivity index (χ4v) is 2.11. The molecule has 0 radical (unpaired) electrons. The van der Waals surface area contributed by atoms with Gasteiger partial charge in [0.1, 0.15) is 5.69 Å². The molecule has 0 aliphatic rings. The standard InChI is InChI=1S/C13H20N2O2S/c1-18-9-5-3-2-4-7-14-11-6-8-15-12(10-11)13(16)17/h6,8,10H,2-5,7,9H2,1H3,(H,14,15)(H,16,17). The van der Waals surface area contributed by atoms with Crippen molar-refractivity contribution in [3.05, 3.63) is 24.0 Å². The molecule has 0 fully saturated rings. The Morgan fingerprint density at radius 3 is 2.89 bits per heavy atom. The molecule has 4 nitrogen and oxygen atoms in total. The maximum atomic E-state index is 10.7. The Kier molecular flexibility index (Phi) is 7.25. The summed E-state index contributed by atoms with van der Waals surface area (Å²) in [6.45, 7) is 0.877. The smallest absolute Gasteiger partial charge is 0.354 e. The Hall–Kier alpha value is -1.23. The summed E-state index contributed by atoms with van der Waals surface area (Å²) in [6.07, 6.45) is 8.51. The van der Waals surface area contributed by atoms with Crippen molar-refractivity contribution in [2.75, 3.05) is 23.9 Å². The largest absolute Gasteiger partial charge is 0.477 e. The van der Waals surface area contributed by atoms with E-state index in [-0.39, 0.29) is 5.69 Å². The van der Waals surface area contributed by atoms with Crippen LogP contribution in [0.5, 0.6) is 0 Å². The number of hydrogen-bond acceptors (Lipinski definition) is 4. The van der Waals surface area contributed by atoms with Crippen LogP contribution < -0.4 is 5.32 Å². The number of carboxylic acids is 1. The van der Waals surface area contributed by atoms with E-state index in [4.69, 9.17) is 5.11 Å². The Morgan fingerprint density at radius 1 is 1.39 bits per heavy atom. The fourth-order valence-electron chi connectivity index (χ4n) is 1.62. The Bertz CT molecular complexity index is 372. The summed E-state index contributed by atoms with van der Waals surface area (Å²) in [5.41, 5.74) is 0.909. The molecule has 0 aromatic carbocycles. The highest BCUT2D eigenvalue weighted by atomic mass is 32.2. The molecule has 0 saturated carbocycles. The molecule has 2 N–H and O–H groups in total. The zero-order valence-electron chi connectivity index (χ0n) is 10.7. The number of carboxylic acid groups (broad SMARTS) is 1. The first-order chi connectivity index (χ1) is 8.74. The quantitative estimate of drug-likeness (QED) is 0.674. The minimum Gasteiger partial charge on any atom is -0.477 e. The lowest BCUT2D eigenvalue weighted by atomic mass is 10.2. The summed E-state index contributed by atoms with van der Waals surface area (Å²) in [4.78, 5) is 14.5. The van der Waals surface area contributed by atoms with Crippen LogP contribution in [0, 0.1) is 0 Å². The van der Waals surface area contributed by atoms with E-state index < -0.39 is 5.97 Å². The number of aromatic carboxylic acids is 1. The van der Waals surface area contributed by atoms with Crippen molar-refractivity contribution >= 4 is 23.4 Å². The maximum absolute atomic E-state index is 10.7. The van der Waals surface area contributed by atoms with E-state index in [0.717, 1.165) is 18.7 Å². The van der Waals surface area contributed by atoms with Crippen molar-refractivity contribution in [2.24, 2.45) is 0 Å². The first-order valence-corrected chi connectivity index (χ1v) is 7.55. The third kappa shape index (κ3) is 5.91. The molecule has 0 aliphatic carbocycles. The molecule has 1 aromatic heterocycles. The molecule has 0 aliphatic heterocycles. The lowest BCUT2D eigenvalue weighted by Gasteiger charge is -2.06. The second kappa shape index (κ2) is 8.80. The average molecular weight is 268 g/mol. The molecule has 5 heteroatoms. The van der Waals surface area contributed by atoms with Crippen molar-refractivity contribution in [3.8, 4) is 0 Å². The van der Waals surface area contributed by atoms with Gasteiger partial charge in [-0.1, -0.05) is 12.8 Å². The molecule has 0 unspecified atom stereocenters. The van der Waals surface area contributed by atoms with Gasteiger partial charge in [0.15, 0.2) is 0 Å². The van der Waals surface area contributed by atoms with Crippen molar-refractivity contribution in [2.45, 2.75) is 25.7 Å². The number of unbranched alkanes of at least 4 members (excludes halogenated alkanes) is 3. The van der Waals surface area contributed by atoms with Gasteiger partial charge in [0.05, 0.1) is 0 Å². The normalized spacial score (nSPS) is 10.3. The summed E-state index contributed by atoms with van der Waals surface area (Å²) >= 11 is 1.89. The third-order valence-electron chi connectivity index (χ3n) is 2.58. The van der Waals surface area contributed by atoms with Crippen LogP contribution >= 0.6 is 11.8 Å². The van der Waals surface area contributed by atoms with Gasteiger partial charge in [0, 0.05) is 18.4 Å². The van der Waals surface area contributed by atoms with Gasteiger partial charge in [-0.3, -0.25) is 0 Å². The highest BCUT2D eigenvalue weighted by molar-refractivity contribution is 7.98. The molecular formula is C13H20N2O2S. The molecule has 1 heterocycles. The summed E-state index contributed by atoms with van der Waals surface area (Å²) in [6, 6.07) is 3.36. The lowest BCUT2D eigenvalue weighted by molar-refractivity contribution is 0.0690. The number of anilines is 1. The number of carbonyl (C=O) groups is 1. The minimum absolute atomic E-state index is 0.0833. The number of nitrogens with zero attached hydrogens (tertiary/aromatic N) is 1. The monoisotopic (exact) mass is 268 g/mol. The van der Waals surface area contributed by atoms with Crippen LogP contribution in [0.4, 0.5) is 5.69 Å². The van der Waals surface area contributed by atoms with Gasteiger partial charge >= 0.3 is 5.97 Å². The van der Waals surface area contributed by atoms with Gasteiger partial charge < -0.3 is 10.4 Å². The zero-order valence-corrected chi connectivity index (χ0v) is 11.5. The van der Waals surface area contributed by atoms with Gasteiger partial charge in [-0.15, -0.1) is 0 Å². The zero-order chi connectivity index (χ0) is 13.2. The lowest BCUT2D eigenvalue weighted by Crippen LogP contribution is -2.05. The molecule has 0 spiro atoms. The Labute approximate surface area is 112 Å². The molecule has 0 saturated heterocycles. The number of aromatic nitrogens is 1. The predicted molar refractivity (Wildman–Crippen MR) is 76.5 cm³/mol. The van der Waals surface area contributed by atoms with E-state index in [1.54, 1.807) is 12.1 Å². The van der Waals surface area contributed by atoms with Gasteiger partial charge in [0.25, 0.3) is 0 Å². The number of hydrogen-bond donors (Lipinski definition) is 2. The highest BCUT2D eigenvalue weighted by Gasteiger charge is 2.04. The van der Waals surface area contributed by atoms with E-state index in [1.165, 1.54) is 31.2 Å². The van der Waals surface area contributed by atoms with Crippen LogP contribution in [0.1, 0.15) is 36.2 Å². The van der Waals surface area contributed by atoms with Crippen molar-refractivity contribution in [1.82, 2.24) is 4.98 Å². The predicted octanol–water partition coefficient (Wildman–Crippen LogP) is 3.12. The van der Waals surface area contributed by atoms with E-state index in [0.29, 0.717) is 0 Å². The van der Waals surface area contributed by atoms with Crippen molar-refractivity contribution in [3.63, 3.8) is 0 Å². The first-order valence-electron chi connectivity index (χ1n) is 6.16. The molecule has 1 rings (SSSR count).